The Labute approximate surface area is 189 Å². The zero-order chi connectivity index (χ0) is 23.1. The summed E-state index contributed by atoms with van der Waals surface area (Å²) in [5.74, 6) is -0.275. The lowest BCUT2D eigenvalue weighted by Gasteiger charge is -2.21. The van der Waals surface area contributed by atoms with E-state index in [9.17, 15) is 14.4 Å². The van der Waals surface area contributed by atoms with Crippen LogP contribution in [0.15, 0.2) is 36.4 Å². The summed E-state index contributed by atoms with van der Waals surface area (Å²) in [6.45, 7) is 7.17. The standard InChI is InChI=1S/C25H33N3O4/c1-25(2,3)32-24(31)27-21-17-19-11-7-6-10-18(19)16-20(21)23(30)26-13-12-22(29)28-14-8-4-5-9-15-28/h6-7,10-11,16-17H,4-5,8-9,12-15H2,1-3H3,(H,26,30)(H,27,31). The number of carbonyl (C=O) groups excluding carboxylic acids is 3. The van der Waals surface area contributed by atoms with Crippen LogP contribution in [0, 0.1) is 0 Å². The SMILES string of the molecule is CC(C)(C)OC(=O)Nc1cc2ccccc2cc1C(=O)NCCC(=O)N1CCCCCC1. The number of hydrogen-bond acceptors (Lipinski definition) is 4. The number of anilines is 1. The Kier molecular flexibility index (Phi) is 7.72. The van der Waals surface area contributed by atoms with Crippen molar-refractivity contribution in [2.24, 2.45) is 0 Å². The minimum absolute atomic E-state index is 0.0674. The maximum atomic E-state index is 13.0. The Morgan fingerprint density at radius 1 is 0.969 bits per heavy atom. The first-order valence-electron chi connectivity index (χ1n) is 11.3. The molecule has 0 unspecified atom stereocenters. The molecular weight excluding hydrogens is 406 g/mol. The summed E-state index contributed by atoms with van der Waals surface area (Å²) in [6.07, 6.45) is 4.03. The third kappa shape index (κ3) is 6.70. The number of nitrogens with one attached hydrogen (secondary N) is 2. The van der Waals surface area contributed by atoms with Crippen LogP contribution in [-0.4, -0.2) is 48.0 Å². The molecule has 1 heterocycles. The number of likely N-dealkylation sites (tertiary alicyclic amines) is 1. The number of amides is 3. The molecule has 32 heavy (non-hydrogen) atoms. The van der Waals surface area contributed by atoms with Gasteiger partial charge in [0.1, 0.15) is 5.60 Å². The van der Waals surface area contributed by atoms with E-state index in [1.54, 1.807) is 32.9 Å². The van der Waals surface area contributed by atoms with Crippen LogP contribution in [-0.2, 0) is 9.53 Å². The third-order valence-electron chi connectivity index (χ3n) is 5.35. The molecule has 1 fully saturated rings. The van der Waals surface area contributed by atoms with Crippen LogP contribution in [0.2, 0.25) is 0 Å². The fraction of sp³-hybridized carbons (Fsp3) is 0.480. The van der Waals surface area contributed by atoms with E-state index >= 15 is 0 Å². The van der Waals surface area contributed by atoms with Gasteiger partial charge in [0, 0.05) is 26.1 Å². The molecule has 2 N–H and O–H groups in total. The predicted molar refractivity (Wildman–Crippen MR) is 126 cm³/mol. The summed E-state index contributed by atoms with van der Waals surface area (Å²) in [6, 6.07) is 11.1. The molecule has 2 aromatic carbocycles. The molecule has 0 spiro atoms. The lowest BCUT2D eigenvalue weighted by atomic mass is 10.0. The highest BCUT2D eigenvalue weighted by Crippen LogP contribution is 2.25. The molecule has 0 aliphatic carbocycles. The molecule has 1 aliphatic rings. The smallest absolute Gasteiger partial charge is 0.412 e. The molecule has 1 saturated heterocycles. The first kappa shape index (κ1) is 23.6. The maximum absolute atomic E-state index is 13.0. The van der Waals surface area contributed by atoms with Crippen molar-refractivity contribution < 1.29 is 19.1 Å². The number of benzene rings is 2. The van der Waals surface area contributed by atoms with E-state index in [0.29, 0.717) is 11.3 Å². The second kappa shape index (κ2) is 10.5. The Bertz CT molecular complexity index is 973. The first-order valence-corrected chi connectivity index (χ1v) is 11.3. The molecule has 0 atom stereocenters. The Morgan fingerprint density at radius 3 is 2.22 bits per heavy atom. The average molecular weight is 440 g/mol. The summed E-state index contributed by atoms with van der Waals surface area (Å²) < 4.78 is 5.35. The van der Waals surface area contributed by atoms with Gasteiger partial charge in [-0.05, 0) is 56.5 Å². The Morgan fingerprint density at radius 2 is 1.59 bits per heavy atom. The Balaban J connectivity index is 1.70. The second-order valence-corrected chi connectivity index (χ2v) is 9.17. The van der Waals surface area contributed by atoms with E-state index in [4.69, 9.17) is 4.74 Å². The van der Waals surface area contributed by atoms with Gasteiger partial charge in [-0.2, -0.15) is 0 Å². The summed E-state index contributed by atoms with van der Waals surface area (Å²) in [4.78, 5) is 39.7. The van der Waals surface area contributed by atoms with Crippen LogP contribution >= 0.6 is 0 Å². The van der Waals surface area contributed by atoms with Gasteiger partial charge >= 0.3 is 6.09 Å². The number of hydrogen-bond donors (Lipinski definition) is 2. The summed E-state index contributed by atoms with van der Waals surface area (Å²) in [5, 5.41) is 7.31. The van der Waals surface area contributed by atoms with Crippen LogP contribution in [0.5, 0.6) is 0 Å². The maximum Gasteiger partial charge on any atom is 0.412 e. The molecule has 1 aliphatic heterocycles. The largest absolute Gasteiger partial charge is 0.444 e. The van der Waals surface area contributed by atoms with Crippen LogP contribution in [0.3, 0.4) is 0 Å². The van der Waals surface area contributed by atoms with Crippen molar-refractivity contribution in [3.05, 3.63) is 42.0 Å². The molecule has 172 valence electrons. The van der Waals surface area contributed by atoms with Crippen molar-refractivity contribution in [2.75, 3.05) is 25.0 Å². The van der Waals surface area contributed by atoms with E-state index in [-0.39, 0.29) is 24.8 Å². The molecule has 0 bridgehead atoms. The van der Waals surface area contributed by atoms with Crippen molar-refractivity contribution in [3.8, 4) is 0 Å². The van der Waals surface area contributed by atoms with Gasteiger partial charge in [-0.15, -0.1) is 0 Å². The van der Waals surface area contributed by atoms with Gasteiger partial charge in [0.2, 0.25) is 5.91 Å². The highest BCUT2D eigenvalue weighted by Gasteiger charge is 2.20. The van der Waals surface area contributed by atoms with Crippen molar-refractivity contribution >= 4 is 34.4 Å². The van der Waals surface area contributed by atoms with Gasteiger partial charge in [-0.1, -0.05) is 37.1 Å². The van der Waals surface area contributed by atoms with Crippen molar-refractivity contribution in [1.29, 1.82) is 0 Å². The van der Waals surface area contributed by atoms with Gasteiger partial charge in [0.05, 0.1) is 11.3 Å². The molecule has 0 aromatic heterocycles. The zero-order valence-electron chi connectivity index (χ0n) is 19.2. The van der Waals surface area contributed by atoms with E-state index in [1.807, 2.05) is 29.2 Å². The minimum Gasteiger partial charge on any atom is -0.444 e. The normalized spacial score (nSPS) is 14.5. The van der Waals surface area contributed by atoms with E-state index in [1.165, 1.54) is 0 Å². The lowest BCUT2D eigenvalue weighted by Crippen LogP contribution is -2.35. The lowest BCUT2D eigenvalue weighted by molar-refractivity contribution is -0.131. The van der Waals surface area contributed by atoms with Gasteiger partial charge in [-0.3, -0.25) is 14.9 Å². The van der Waals surface area contributed by atoms with Gasteiger partial charge < -0.3 is 15.0 Å². The zero-order valence-corrected chi connectivity index (χ0v) is 19.2. The van der Waals surface area contributed by atoms with Crippen LogP contribution in [0.1, 0.15) is 63.2 Å². The first-order chi connectivity index (χ1) is 15.2. The van der Waals surface area contributed by atoms with Gasteiger partial charge in [0.15, 0.2) is 0 Å². The number of nitrogens with zero attached hydrogens (tertiary/aromatic N) is 1. The molecule has 2 aromatic rings. The van der Waals surface area contributed by atoms with Crippen molar-refractivity contribution in [1.82, 2.24) is 10.2 Å². The number of ether oxygens (including phenoxy) is 1. The molecular formula is C25H33N3O4. The fourth-order valence-electron chi connectivity index (χ4n) is 3.80. The van der Waals surface area contributed by atoms with Gasteiger partial charge in [-0.25, -0.2) is 4.79 Å². The highest BCUT2D eigenvalue weighted by molar-refractivity contribution is 6.07. The molecule has 7 nitrogen and oxygen atoms in total. The molecule has 0 radical (unpaired) electrons. The van der Waals surface area contributed by atoms with Gasteiger partial charge in [0.25, 0.3) is 5.91 Å². The van der Waals surface area contributed by atoms with Crippen molar-refractivity contribution in [2.45, 2.75) is 58.5 Å². The predicted octanol–water partition coefficient (Wildman–Crippen LogP) is 4.71. The third-order valence-corrected chi connectivity index (χ3v) is 5.35. The minimum atomic E-state index is -0.656. The molecule has 3 amide bonds. The second-order valence-electron chi connectivity index (χ2n) is 9.17. The highest BCUT2D eigenvalue weighted by atomic mass is 16.6. The number of carbonyl (C=O) groups is 3. The topological polar surface area (TPSA) is 87.7 Å². The monoisotopic (exact) mass is 439 g/mol. The Hall–Kier alpha value is -3.09. The molecule has 7 heteroatoms. The number of fused-ring (bicyclic) bond motifs is 1. The van der Waals surface area contributed by atoms with Crippen LogP contribution in [0.4, 0.5) is 10.5 Å². The van der Waals surface area contributed by atoms with Crippen LogP contribution in [0.25, 0.3) is 10.8 Å². The van der Waals surface area contributed by atoms with E-state index in [2.05, 4.69) is 10.6 Å². The fourth-order valence-corrected chi connectivity index (χ4v) is 3.80. The summed E-state index contributed by atoms with van der Waals surface area (Å²) in [7, 11) is 0. The molecule has 0 saturated carbocycles. The summed E-state index contributed by atoms with van der Waals surface area (Å²) >= 11 is 0. The van der Waals surface area contributed by atoms with Crippen molar-refractivity contribution in [3.63, 3.8) is 0 Å². The van der Waals surface area contributed by atoms with E-state index < -0.39 is 11.7 Å². The number of rotatable bonds is 5. The van der Waals surface area contributed by atoms with E-state index in [0.717, 1.165) is 49.5 Å². The quantitative estimate of drug-likeness (QED) is 0.706. The molecule has 3 rings (SSSR count). The van der Waals surface area contributed by atoms with Crippen LogP contribution < -0.4 is 10.6 Å². The summed E-state index contributed by atoms with van der Waals surface area (Å²) in [5.41, 5.74) is 0.0444. The average Bonchev–Trinajstić information content (AvgIpc) is 3.01.